The molecule has 5 fully saturated rings. The molecule has 0 heteroatoms. The SMILES string of the molecule is C[C@@]12CCC[C@H]1[C@@H]1CCC3CC4CC4C[C@]3(C)[C@H]1CC2. The summed E-state index contributed by atoms with van der Waals surface area (Å²) in [6.45, 7) is 5.38. The van der Waals surface area contributed by atoms with Crippen LogP contribution in [0.4, 0.5) is 0 Å². The summed E-state index contributed by atoms with van der Waals surface area (Å²) in [5, 5.41) is 0. The molecule has 0 heterocycles. The lowest BCUT2D eigenvalue weighted by Crippen LogP contribution is -2.52. The third kappa shape index (κ3) is 1.49. The molecule has 5 aliphatic rings. The Hall–Kier alpha value is 0. The maximum atomic E-state index is 2.74. The molecule has 20 heavy (non-hydrogen) atoms. The lowest BCUT2D eigenvalue weighted by atomic mass is 9.45. The summed E-state index contributed by atoms with van der Waals surface area (Å²) in [5.74, 6) is 6.78. The molecule has 0 aromatic rings. The lowest BCUT2D eigenvalue weighted by molar-refractivity contribution is -0.105. The normalized spacial score (nSPS) is 63.9. The van der Waals surface area contributed by atoms with Crippen LogP contribution in [0.5, 0.6) is 0 Å². The molecule has 112 valence electrons. The second kappa shape index (κ2) is 3.85. The van der Waals surface area contributed by atoms with Crippen molar-refractivity contribution in [2.75, 3.05) is 0 Å². The molecule has 0 aliphatic heterocycles. The Morgan fingerprint density at radius 2 is 1.70 bits per heavy atom. The van der Waals surface area contributed by atoms with E-state index < -0.39 is 0 Å². The summed E-state index contributed by atoms with van der Waals surface area (Å²) < 4.78 is 0. The summed E-state index contributed by atoms with van der Waals surface area (Å²) in [6.07, 6.45) is 15.8. The van der Waals surface area contributed by atoms with Crippen molar-refractivity contribution in [2.24, 2.45) is 46.3 Å². The van der Waals surface area contributed by atoms with E-state index in [0.717, 1.165) is 40.4 Å². The van der Waals surface area contributed by atoms with Gasteiger partial charge >= 0.3 is 0 Å². The molecule has 3 unspecified atom stereocenters. The zero-order valence-corrected chi connectivity index (χ0v) is 13.5. The summed E-state index contributed by atoms with van der Waals surface area (Å²) in [4.78, 5) is 0. The average molecular weight is 272 g/mol. The van der Waals surface area contributed by atoms with Gasteiger partial charge in [-0.15, -0.1) is 0 Å². The summed E-state index contributed by atoms with van der Waals surface area (Å²) in [5.41, 5.74) is 1.51. The van der Waals surface area contributed by atoms with Crippen molar-refractivity contribution in [1.29, 1.82) is 0 Å². The molecule has 0 N–H and O–H groups in total. The van der Waals surface area contributed by atoms with Crippen molar-refractivity contribution in [1.82, 2.24) is 0 Å². The maximum Gasteiger partial charge on any atom is -0.0264 e. The van der Waals surface area contributed by atoms with Crippen LogP contribution in [-0.4, -0.2) is 0 Å². The van der Waals surface area contributed by atoms with E-state index in [1.165, 1.54) is 12.3 Å². The van der Waals surface area contributed by atoms with E-state index >= 15 is 0 Å². The molecule has 5 rings (SSSR count). The third-order valence-electron chi connectivity index (χ3n) is 9.20. The highest BCUT2D eigenvalue weighted by molar-refractivity contribution is 5.10. The topological polar surface area (TPSA) is 0 Å². The van der Waals surface area contributed by atoms with Gasteiger partial charge in [-0.1, -0.05) is 20.3 Å². The lowest BCUT2D eigenvalue weighted by Gasteiger charge is -2.60. The van der Waals surface area contributed by atoms with Gasteiger partial charge in [-0.3, -0.25) is 0 Å². The summed E-state index contributed by atoms with van der Waals surface area (Å²) in [7, 11) is 0. The molecular formula is C20H32. The number of hydrogen-bond acceptors (Lipinski definition) is 0. The fraction of sp³-hybridized carbons (Fsp3) is 1.00. The Labute approximate surface area is 125 Å². The van der Waals surface area contributed by atoms with Crippen molar-refractivity contribution < 1.29 is 0 Å². The highest BCUT2D eigenvalue weighted by Gasteiger charge is 2.61. The van der Waals surface area contributed by atoms with E-state index in [1.54, 1.807) is 57.8 Å². The van der Waals surface area contributed by atoms with Crippen molar-refractivity contribution >= 4 is 0 Å². The minimum Gasteiger partial charge on any atom is -0.0594 e. The number of hydrogen-bond donors (Lipinski definition) is 0. The van der Waals surface area contributed by atoms with Crippen LogP contribution < -0.4 is 0 Å². The second-order valence-corrected chi connectivity index (χ2v) is 9.94. The van der Waals surface area contributed by atoms with E-state index in [1.807, 2.05) is 0 Å². The maximum absolute atomic E-state index is 2.74. The Balaban J connectivity index is 1.48. The Bertz CT molecular complexity index is 426. The molecule has 0 aromatic heterocycles. The van der Waals surface area contributed by atoms with Gasteiger partial charge in [0.15, 0.2) is 0 Å². The molecule has 0 saturated heterocycles. The molecule has 0 nitrogen and oxygen atoms in total. The fourth-order valence-corrected chi connectivity index (χ4v) is 8.01. The van der Waals surface area contributed by atoms with E-state index in [0.29, 0.717) is 0 Å². The first kappa shape index (κ1) is 12.5. The summed E-state index contributed by atoms with van der Waals surface area (Å²) in [6, 6.07) is 0. The highest BCUT2D eigenvalue weighted by atomic mass is 14.7. The zero-order valence-electron chi connectivity index (χ0n) is 13.5. The van der Waals surface area contributed by atoms with Gasteiger partial charge in [-0.2, -0.15) is 0 Å². The molecule has 0 bridgehead atoms. The van der Waals surface area contributed by atoms with Gasteiger partial charge in [0.25, 0.3) is 0 Å². The molecule has 0 radical (unpaired) electrons. The van der Waals surface area contributed by atoms with Crippen LogP contribution >= 0.6 is 0 Å². The quantitative estimate of drug-likeness (QED) is 0.533. The third-order valence-corrected chi connectivity index (χ3v) is 9.20. The molecule has 5 saturated carbocycles. The molecule has 0 amide bonds. The smallest absolute Gasteiger partial charge is 0.0264 e. The molecule has 8 atom stereocenters. The van der Waals surface area contributed by atoms with Gasteiger partial charge in [0.2, 0.25) is 0 Å². The van der Waals surface area contributed by atoms with Gasteiger partial charge in [-0.05, 0) is 104 Å². The van der Waals surface area contributed by atoms with Crippen LogP contribution in [0.15, 0.2) is 0 Å². The van der Waals surface area contributed by atoms with Crippen LogP contribution in [0.25, 0.3) is 0 Å². The second-order valence-electron chi connectivity index (χ2n) is 9.94. The van der Waals surface area contributed by atoms with Crippen LogP contribution in [0.2, 0.25) is 0 Å². The Kier molecular flexibility index (Phi) is 2.41. The molecule has 0 spiro atoms. The number of fused-ring (bicyclic) bond motifs is 6. The van der Waals surface area contributed by atoms with Gasteiger partial charge in [0.05, 0.1) is 0 Å². The van der Waals surface area contributed by atoms with Crippen LogP contribution in [0.3, 0.4) is 0 Å². The fourth-order valence-electron chi connectivity index (χ4n) is 8.01. The predicted molar refractivity (Wildman–Crippen MR) is 83.3 cm³/mol. The van der Waals surface area contributed by atoms with Gasteiger partial charge in [0, 0.05) is 0 Å². The van der Waals surface area contributed by atoms with Crippen molar-refractivity contribution in [3.8, 4) is 0 Å². The van der Waals surface area contributed by atoms with Crippen molar-refractivity contribution in [3.05, 3.63) is 0 Å². The highest BCUT2D eigenvalue weighted by Crippen LogP contribution is 2.70. The monoisotopic (exact) mass is 272 g/mol. The Morgan fingerprint density at radius 1 is 0.800 bits per heavy atom. The summed E-state index contributed by atoms with van der Waals surface area (Å²) >= 11 is 0. The zero-order chi connectivity index (χ0) is 13.5. The first-order valence-electron chi connectivity index (χ1n) is 9.60. The van der Waals surface area contributed by atoms with E-state index in [2.05, 4.69) is 13.8 Å². The van der Waals surface area contributed by atoms with Crippen LogP contribution in [-0.2, 0) is 0 Å². The van der Waals surface area contributed by atoms with Crippen LogP contribution in [0.1, 0.15) is 78.1 Å². The number of rotatable bonds is 0. The van der Waals surface area contributed by atoms with Gasteiger partial charge in [0.1, 0.15) is 0 Å². The average Bonchev–Trinajstić information content (AvgIpc) is 3.03. The van der Waals surface area contributed by atoms with Gasteiger partial charge in [-0.25, -0.2) is 0 Å². The van der Waals surface area contributed by atoms with E-state index in [4.69, 9.17) is 0 Å². The molecular weight excluding hydrogens is 240 g/mol. The minimum absolute atomic E-state index is 0.751. The Morgan fingerprint density at radius 3 is 2.60 bits per heavy atom. The van der Waals surface area contributed by atoms with Gasteiger partial charge < -0.3 is 0 Å². The van der Waals surface area contributed by atoms with Crippen LogP contribution in [0, 0.1) is 46.3 Å². The van der Waals surface area contributed by atoms with E-state index in [9.17, 15) is 0 Å². The largest absolute Gasteiger partial charge is 0.0594 e. The molecule has 5 aliphatic carbocycles. The molecule has 0 aromatic carbocycles. The van der Waals surface area contributed by atoms with Crippen molar-refractivity contribution in [3.63, 3.8) is 0 Å². The van der Waals surface area contributed by atoms with E-state index in [-0.39, 0.29) is 0 Å². The first-order chi connectivity index (χ1) is 9.60. The standard InChI is InChI=1S/C20H32/c1-19-8-3-4-17(19)16-6-5-15-11-13-10-14(13)12-20(15,2)18(16)7-9-19/h13-18H,3-12H2,1-2H3/t13?,14?,15?,16-,17-,18-,19-,20-/m0/s1. The van der Waals surface area contributed by atoms with Crippen molar-refractivity contribution in [2.45, 2.75) is 78.1 Å². The predicted octanol–water partition coefficient (Wildman–Crippen LogP) is 5.67. The minimum atomic E-state index is 0.751. The first-order valence-corrected chi connectivity index (χ1v) is 9.60.